The summed E-state index contributed by atoms with van der Waals surface area (Å²) in [6, 6.07) is 6.08. The van der Waals surface area contributed by atoms with E-state index in [0.29, 0.717) is 6.42 Å². The van der Waals surface area contributed by atoms with Gasteiger partial charge in [-0.1, -0.05) is 31.5 Å². The van der Waals surface area contributed by atoms with Crippen molar-refractivity contribution in [1.29, 1.82) is 0 Å². The van der Waals surface area contributed by atoms with E-state index in [2.05, 4.69) is 13.0 Å². The Labute approximate surface area is 139 Å². The Kier molecular flexibility index (Phi) is 5.22. The van der Waals surface area contributed by atoms with Crippen molar-refractivity contribution in [2.75, 3.05) is 7.11 Å². The second kappa shape index (κ2) is 6.66. The van der Waals surface area contributed by atoms with Crippen LogP contribution < -0.4 is 5.46 Å². The molecule has 1 aromatic rings. The molecule has 4 nitrogen and oxygen atoms in total. The van der Waals surface area contributed by atoms with Gasteiger partial charge in [-0.05, 0) is 50.7 Å². The van der Waals surface area contributed by atoms with Gasteiger partial charge in [-0.2, -0.15) is 0 Å². The first-order valence-electron chi connectivity index (χ1n) is 8.24. The lowest BCUT2D eigenvalue weighted by molar-refractivity contribution is -0.139. The standard InChI is InChI=1S/C18H27BO4/c1-7-8-13-11-15(10-9-14(13)12-16(20)21-6)19-22-17(2,3)18(4,5)23-19/h9-11H,7-8,12H2,1-6H3. The van der Waals surface area contributed by atoms with Crippen molar-refractivity contribution in [2.45, 2.75) is 65.1 Å². The molecular formula is C18H27BO4. The lowest BCUT2D eigenvalue weighted by Crippen LogP contribution is -2.41. The zero-order valence-electron chi connectivity index (χ0n) is 15.1. The fourth-order valence-electron chi connectivity index (χ4n) is 2.67. The highest BCUT2D eigenvalue weighted by Crippen LogP contribution is 2.36. The monoisotopic (exact) mass is 318 g/mol. The number of carbonyl (C=O) groups is 1. The van der Waals surface area contributed by atoms with E-state index in [4.69, 9.17) is 14.0 Å². The first-order valence-corrected chi connectivity index (χ1v) is 8.24. The molecule has 1 aromatic carbocycles. The second-order valence-electron chi connectivity index (χ2n) is 7.12. The first kappa shape index (κ1) is 18.0. The van der Waals surface area contributed by atoms with Gasteiger partial charge < -0.3 is 14.0 Å². The van der Waals surface area contributed by atoms with Crippen LogP contribution >= 0.6 is 0 Å². The smallest absolute Gasteiger partial charge is 0.469 e. The zero-order valence-corrected chi connectivity index (χ0v) is 15.1. The number of aryl methyl sites for hydroxylation is 1. The van der Waals surface area contributed by atoms with Crippen LogP contribution in [0.2, 0.25) is 0 Å². The molecule has 0 saturated carbocycles. The van der Waals surface area contributed by atoms with Gasteiger partial charge in [0.25, 0.3) is 0 Å². The van der Waals surface area contributed by atoms with Gasteiger partial charge in [0.1, 0.15) is 0 Å². The van der Waals surface area contributed by atoms with Crippen LogP contribution in [0, 0.1) is 0 Å². The fourth-order valence-corrected chi connectivity index (χ4v) is 2.67. The van der Waals surface area contributed by atoms with E-state index in [1.165, 1.54) is 7.11 Å². The number of rotatable bonds is 5. The van der Waals surface area contributed by atoms with Gasteiger partial charge in [0.15, 0.2) is 0 Å². The third kappa shape index (κ3) is 3.78. The Hall–Kier alpha value is -1.33. The van der Waals surface area contributed by atoms with Crippen molar-refractivity contribution in [3.05, 3.63) is 29.3 Å². The van der Waals surface area contributed by atoms with Crippen LogP contribution in [0.15, 0.2) is 18.2 Å². The van der Waals surface area contributed by atoms with Crippen molar-refractivity contribution in [2.24, 2.45) is 0 Å². The number of ether oxygens (including phenoxy) is 1. The maximum atomic E-state index is 11.6. The highest BCUT2D eigenvalue weighted by molar-refractivity contribution is 6.62. The Balaban J connectivity index is 2.28. The van der Waals surface area contributed by atoms with Gasteiger partial charge in [-0.15, -0.1) is 0 Å². The molecule has 1 saturated heterocycles. The van der Waals surface area contributed by atoms with Crippen molar-refractivity contribution in [3.63, 3.8) is 0 Å². The molecule has 1 aliphatic rings. The molecule has 0 aromatic heterocycles. The van der Waals surface area contributed by atoms with Crippen LogP contribution in [0.5, 0.6) is 0 Å². The summed E-state index contributed by atoms with van der Waals surface area (Å²) in [4.78, 5) is 11.6. The lowest BCUT2D eigenvalue weighted by Gasteiger charge is -2.32. The van der Waals surface area contributed by atoms with Gasteiger partial charge >= 0.3 is 13.1 Å². The van der Waals surface area contributed by atoms with Crippen LogP contribution in [-0.2, 0) is 31.7 Å². The normalized spacial score (nSPS) is 19.0. The summed E-state index contributed by atoms with van der Waals surface area (Å²) < 4.78 is 17.0. The maximum Gasteiger partial charge on any atom is 0.494 e. The quantitative estimate of drug-likeness (QED) is 0.618. The molecule has 2 rings (SSSR count). The predicted octanol–water partition coefficient (Wildman–Crippen LogP) is 2.65. The van der Waals surface area contributed by atoms with E-state index in [1.807, 2.05) is 39.8 Å². The lowest BCUT2D eigenvalue weighted by atomic mass is 9.77. The van der Waals surface area contributed by atoms with E-state index >= 15 is 0 Å². The summed E-state index contributed by atoms with van der Waals surface area (Å²) in [7, 11) is 1.04. The number of methoxy groups -OCH3 is 1. The van der Waals surface area contributed by atoms with Crippen LogP contribution in [0.25, 0.3) is 0 Å². The molecule has 1 heterocycles. The van der Waals surface area contributed by atoms with Gasteiger partial charge in [0.2, 0.25) is 0 Å². The Morgan fingerprint density at radius 3 is 2.26 bits per heavy atom. The Bertz CT molecular complexity index is 564. The van der Waals surface area contributed by atoms with Crippen molar-refractivity contribution >= 4 is 18.6 Å². The average molecular weight is 318 g/mol. The largest absolute Gasteiger partial charge is 0.494 e. The molecule has 1 aliphatic heterocycles. The fraction of sp³-hybridized carbons (Fsp3) is 0.611. The highest BCUT2D eigenvalue weighted by atomic mass is 16.7. The van der Waals surface area contributed by atoms with Crippen LogP contribution in [0.3, 0.4) is 0 Å². The van der Waals surface area contributed by atoms with Crippen LogP contribution in [0.1, 0.15) is 52.2 Å². The predicted molar refractivity (Wildman–Crippen MR) is 91.9 cm³/mol. The van der Waals surface area contributed by atoms with Crippen LogP contribution in [0.4, 0.5) is 0 Å². The maximum absolute atomic E-state index is 11.6. The van der Waals surface area contributed by atoms with E-state index in [1.54, 1.807) is 0 Å². The van der Waals surface area contributed by atoms with Gasteiger partial charge in [-0.25, -0.2) is 0 Å². The average Bonchev–Trinajstić information content (AvgIpc) is 2.69. The number of hydrogen-bond acceptors (Lipinski definition) is 4. The second-order valence-corrected chi connectivity index (χ2v) is 7.12. The molecule has 0 N–H and O–H groups in total. The molecule has 0 radical (unpaired) electrons. The summed E-state index contributed by atoms with van der Waals surface area (Å²) in [6.45, 7) is 10.3. The first-order chi connectivity index (χ1) is 10.7. The Morgan fingerprint density at radius 2 is 1.74 bits per heavy atom. The third-order valence-corrected chi connectivity index (χ3v) is 4.84. The molecule has 1 fully saturated rings. The number of benzene rings is 1. The third-order valence-electron chi connectivity index (χ3n) is 4.84. The number of esters is 1. The summed E-state index contributed by atoms with van der Waals surface area (Å²) in [5.74, 6) is -0.217. The topological polar surface area (TPSA) is 44.8 Å². The molecule has 0 atom stereocenters. The van der Waals surface area contributed by atoms with Gasteiger partial charge in [-0.3, -0.25) is 4.79 Å². The number of hydrogen-bond donors (Lipinski definition) is 0. The summed E-state index contributed by atoms with van der Waals surface area (Å²) >= 11 is 0. The minimum Gasteiger partial charge on any atom is -0.469 e. The molecule has 0 spiro atoms. The molecule has 0 bridgehead atoms. The van der Waals surface area contributed by atoms with E-state index in [0.717, 1.165) is 29.4 Å². The van der Waals surface area contributed by atoms with E-state index in [-0.39, 0.29) is 24.3 Å². The summed E-state index contributed by atoms with van der Waals surface area (Å²) in [5.41, 5.74) is 2.46. The molecule has 0 amide bonds. The van der Waals surface area contributed by atoms with Gasteiger partial charge in [0, 0.05) is 0 Å². The Morgan fingerprint density at radius 1 is 1.13 bits per heavy atom. The molecule has 23 heavy (non-hydrogen) atoms. The molecule has 126 valence electrons. The van der Waals surface area contributed by atoms with E-state index in [9.17, 15) is 4.79 Å². The molecule has 0 aliphatic carbocycles. The van der Waals surface area contributed by atoms with Crippen LogP contribution in [-0.4, -0.2) is 31.4 Å². The van der Waals surface area contributed by atoms with Crippen molar-refractivity contribution in [3.8, 4) is 0 Å². The molecular weight excluding hydrogens is 291 g/mol. The minimum absolute atomic E-state index is 0.217. The molecule has 0 unspecified atom stereocenters. The summed E-state index contributed by atoms with van der Waals surface area (Å²) in [6.07, 6.45) is 2.23. The number of carbonyl (C=O) groups excluding carboxylic acids is 1. The SMILES string of the molecule is CCCc1cc(B2OC(C)(C)C(C)(C)O2)ccc1CC(=O)OC. The van der Waals surface area contributed by atoms with E-state index < -0.39 is 0 Å². The minimum atomic E-state index is -0.372. The zero-order chi connectivity index (χ0) is 17.3. The van der Waals surface area contributed by atoms with Crippen molar-refractivity contribution < 1.29 is 18.8 Å². The van der Waals surface area contributed by atoms with Crippen molar-refractivity contribution in [1.82, 2.24) is 0 Å². The van der Waals surface area contributed by atoms with Gasteiger partial charge in [0.05, 0.1) is 24.7 Å². The highest BCUT2D eigenvalue weighted by Gasteiger charge is 2.51. The molecule has 5 heteroatoms. The summed E-state index contributed by atoms with van der Waals surface area (Å²) in [5, 5.41) is 0.